The third kappa shape index (κ3) is 8.27. The summed E-state index contributed by atoms with van der Waals surface area (Å²) >= 11 is 1.43. The standard InChI is InChI=1S/C29H31NO5S/c31-26(30-25(27(32)33)21-36-20-24-14-8-3-9-15-24)16-17-29(28(34)35,18-22-10-4-1-5-11-22)19-23-12-6-2-7-13-23/h1-15,25H,16-21H2,(H,30,31)(H,32,33)(H,34,35)/t25-/m1/s1. The molecule has 7 heteroatoms. The molecule has 0 saturated carbocycles. The van der Waals surface area contributed by atoms with Gasteiger partial charge in [-0.15, -0.1) is 0 Å². The Bertz CT molecular complexity index is 1080. The van der Waals surface area contributed by atoms with Crippen LogP contribution in [0.15, 0.2) is 91.0 Å². The van der Waals surface area contributed by atoms with Crippen LogP contribution >= 0.6 is 11.8 Å². The molecule has 3 rings (SSSR count). The van der Waals surface area contributed by atoms with Crippen LogP contribution in [-0.4, -0.2) is 39.9 Å². The number of aliphatic carboxylic acids is 2. The van der Waals surface area contributed by atoms with Crippen LogP contribution in [0.25, 0.3) is 0 Å². The summed E-state index contributed by atoms with van der Waals surface area (Å²) < 4.78 is 0. The molecule has 0 radical (unpaired) electrons. The molecule has 0 spiro atoms. The molecule has 0 aliphatic carbocycles. The highest BCUT2D eigenvalue weighted by molar-refractivity contribution is 7.98. The lowest BCUT2D eigenvalue weighted by atomic mass is 9.73. The number of hydrogen-bond donors (Lipinski definition) is 3. The average molecular weight is 506 g/mol. The molecule has 188 valence electrons. The fraction of sp³-hybridized carbons (Fsp3) is 0.276. The van der Waals surface area contributed by atoms with Crippen molar-refractivity contribution in [2.45, 2.75) is 37.5 Å². The van der Waals surface area contributed by atoms with E-state index in [-0.39, 0.29) is 31.4 Å². The van der Waals surface area contributed by atoms with Crippen molar-refractivity contribution in [1.82, 2.24) is 5.32 Å². The van der Waals surface area contributed by atoms with Crippen molar-refractivity contribution in [2.75, 3.05) is 5.75 Å². The maximum absolute atomic E-state index is 12.8. The van der Waals surface area contributed by atoms with Crippen molar-refractivity contribution in [3.05, 3.63) is 108 Å². The second-order valence-electron chi connectivity index (χ2n) is 8.87. The number of carbonyl (C=O) groups is 3. The maximum atomic E-state index is 12.8. The molecule has 6 nitrogen and oxygen atoms in total. The third-order valence-corrected chi connectivity index (χ3v) is 7.19. The van der Waals surface area contributed by atoms with Gasteiger partial charge in [0, 0.05) is 17.9 Å². The van der Waals surface area contributed by atoms with E-state index in [1.807, 2.05) is 91.0 Å². The predicted molar refractivity (Wildman–Crippen MR) is 142 cm³/mol. The van der Waals surface area contributed by atoms with E-state index in [0.29, 0.717) is 5.75 Å². The summed E-state index contributed by atoms with van der Waals surface area (Å²) in [6, 6.07) is 27.4. The van der Waals surface area contributed by atoms with Crippen molar-refractivity contribution in [3.63, 3.8) is 0 Å². The lowest BCUT2D eigenvalue weighted by molar-refractivity contribution is -0.150. The van der Waals surface area contributed by atoms with E-state index in [2.05, 4.69) is 5.32 Å². The summed E-state index contributed by atoms with van der Waals surface area (Å²) in [5.74, 6) is -1.70. The molecule has 0 bridgehead atoms. The van der Waals surface area contributed by atoms with Gasteiger partial charge in [0.2, 0.25) is 5.91 Å². The first kappa shape index (κ1) is 27.0. The van der Waals surface area contributed by atoms with Gasteiger partial charge in [-0.05, 0) is 36.0 Å². The first-order chi connectivity index (χ1) is 17.4. The first-order valence-electron chi connectivity index (χ1n) is 11.8. The lowest BCUT2D eigenvalue weighted by Gasteiger charge is -2.30. The van der Waals surface area contributed by atoms with Gasteiger partial charge in [0.1, 0.15) is 6.04 Å². The summed E-state index contributed by atoms with van der Waals surface area (Å²) in [4.78, 5) is 37.2. The normalized spacial score (nSPS) is 12.0. The van der Waals surface area contributed by atoms with E-state index in [4.69, 9.17) is 0 Å². The van der Waals surface area contributed by atoms with Crippen LogP contribution < -0.4 is 5.32 Å². The Morgan fingerprint density at radius 3 is 1.67 bits per heavy atom. The molecule has 0 heterocycles. The molecule has 3 N–H and O–H groups in total. The van der Waals surface area contributed by atoms with Gasteiger partial charge >= 0.3 is 11.9 Å². The molecule has 1 atom stereocenters. The lowest BCUT2D eigenvalue weighted by Crippen LogP contribution is -2.44. The van der Waals surface area contributed by atoms with Gasteiger partial charge in [-0.3, -0.25) is 9.59 Å². The van der Waals surface area contributed by atoms with E-state index < -0.39 is 29.3 Å². The van der Waals surface area contributed by atoms with Crippen molar-refractivity contribution >= 4 is 29.6 Å². The largest absolute Gasteiger partial charge is 0.481 e. The smallest absolute Gasteiger partial charge is 0.327 e. The van der Waals surface area contributed by atoms with Crippen molar-refractivity contribution in [3.8, 4) is 0 Å². The number of nitrogens with one attached hydrogen (secondary N) is 1. The summed E-state index contributed by atoms with van der Waals surface area (Å²) in [5.41, 5.74) is 1.61. The Morgan fingerprint density at radius 2 is 1.22 bits per heavy atom. The highest BCUT2D eigenvalue weighted by Gasteiger charge is 2.39. The Labute approximate surface area is 215 Å². The van der Waals surface area contributed by atoms with Crippen LogP contribution in [0.2, 0.25) is 0 Å². The van der Waals surface area contributed by atoms with Crippen LogP contribution in [0.5, 0.6) is 0 Å². The first-order valence-corrected chi connectivity index (χ1v) is 13.0. The molecular formula is C29H31NO5S. The fourth-order valence-corrected chi connectivity index (χ4v) is 5.14. The van der Waals surface area contributed by atoms with Gasteiger partial charge < -0.3 is 15.5 Å². The average Bonchev–Trinajstić information content (AvgIpc) is 2.88. The summed E-state index contributed by atoms with van der Waals surface area (Å²) in [7, 11) is 0. The second kappa shape index (κ2) is 13.5. The van der Waals surface area contributed by atoms with Crippen molar-refractivity contribution < 1.29 is 24.6 Å². The summed E-state index contributed by atoms with van der Waals surface area (Å²) in [6.45, 7) is 0. The van der Waals surface area contributed by atoms with Gasteiger partial charge in [0.25, 0.3) is 0 Å². The minimum absolute atomic E-state index is 0.0842. The fourth-order valence-electron chi connectivity index (χ4n) is 4.13. The Balaban J connectivity index is 1.67. The Kier molecular flexibility index (Phi) is 10.1. The molecule has 0 saturated heterocycles. The molecule has 0 unspecified atom stereocenters. The van der Waals surface area contributed by atoms with Gasteiger partial charge in [0.15, 0.2) is 0 Å². The molecule has 0 aliphatic heterocycles. The number of rotatable bonds is 14. The number of amides is 1. The van der Waals surface area contributed by atoms with Gasteiger partial charge in [-0.1, -0.05) is 91.0 Å². The van der Waals surface area contributed by atoms with Crippen molar-refractivity contribution in [1.29, 1.82) is 0 Å². The molecular weight excluding hydrogens is 474 g/mol. The minimum Gasteiger partial charge on any atom is -0.481 e. The number of carboxylic acid groups (broad SMARTS) is 2. The Hall–Kier alpha value is -3.58. The van der Waals surface area contributed by atoms with E-state index in [1.54, 1.807) is 0 Å². The second-order valence-corrected chi connectivity index (χ2v) is 9.90. The molecule has 3 aromatic rings. The number of carbonyl (C=O) groups excluding carboxylic acids is 1. The SMILES string of the molecule is O=C(CCC(Cc1ccccc1)(Cc1ccccc1)C(=O)O)N[C@H](CSCc1ccccc1)C(=O)O. The van der Waals surface area contributed by atoms with Crippen LogP contribution in [0.4, 0.5) is 0 Å². The van der Waals surface area contributed by atoms with E-state index >= 15 is 0 Å². The number of thioether (sulfide) groups is 1. The highest BCUT2D eigenvalue weighted by atomic mass is 32.2. The third-order valence-electron chi connectivity index (χ3n) is 6.08. The molecule has 1 amide bonds. The monoisotopic (exact) mass is 505 g/mol. The van der Waals surface area contributed by atoms with Crippen molar-refractivity contribution in [2.24, 2.45) is 5.41 Å². The summed E-state index contributed by atoms with van der Waals surface area (Å²) in [6.07, 6.45) is 0.530. The quantitative estimate of drug-likeness (QED) is 0.290. The Morgan fingerprint density at radius 1 is 0.750 bits per heavy atom. The molecule has 3 aromatic carbocycles. The number of hydrogen-bond acceptors (Lipinski definition) is 4. The van der Waals surface area contributed by atoms with E-state index in [1.165, 1.54) is 11.8 Å². The van der Waals surface area contributed by atoms with E-state index in [9.17, 15) is 24.6 Å². The number of carboxylic acids is 2. The van der Waals surface area contributed by atoms with E-state index in [0.717, 1.165) is 16.7 Å². The van der Waals surface area contributed by atoms with Crippen LogP contribution in [0, 0.1) is 5.41 Å². The zero-order chi connectivity index (χ0) is 25.8. The molecule has 0 fully saturated rings. The maximum Gasteiger partial charge on any atom is 0.327 e. The number of benzene rings is 3. The summed E-state index contributed by atoms with van der Waals surface area (Å²) in [5, 5.41) is 22.5. The van der Waals surface area contributed by atoms with Gasteiger partial charge in [-0.2, -0.15) is 11.8 Å². The topological polar surface area (TPSA) is 104 Å². The van der Waals surface area contributed by atoms with Crippen LogP contribution in [0.1, 0.15) is 29.5 Å². The van der Waals surface area contributed by atoms with Gasteiger partial charge in [-0.25, -0.2) is 4.79 Å². The van der Waals surface area contributed by atoms with Gasteiger partial charge in [0.05, 0.1) is 5.41 Å². The minimum atomic E-state index is -1.21. The highest BCUT2D eigenvalue weighted by Crippen LogP contribution is 2.34. The zero-order valence-electron chi connectivity index (χ0n) is 20.0. The predicted octanol–water partition coefficient (Wildman–Crippen LogP) is 4.83. The molecule has 36 heavy (non-hydrogen) atoms. The molecule has 0 aromatic heterocycles. The van der Waals surface area contributed by atoms with Crippen LogP contribution in [0.3, 0.4) is 0 Å². The van der Waals surface area contributed by atoms with Crippen LogP contribution in [-0.2, 0) is 33.0 Å². The molecule has 0 aliphatic rings. The zero-order valence-corrected chi connectivity index (χ0v) is 20.8.